The zero-order chi connectivity index (χ0) is 9.26. The number of aliphatic hydroxyl groups excluding tert-OH is 1. The molecule has 1 fully saturated rings. The highest BCUT2D eigenvalue weighted by molar-refractivity contribution is 5.20. The van der Waals surface area contributed by atoms with Gasteiger partial charge in [0.15, 0.2) is 0 Å². The van der Waals surface area contributed by atoms with E-state index in [2.05, 4.69) is 36.1 Å². The highest BCUT2D eigenvalue weighted by atomic mass is 16.3. The van der Waals surface area contributed by atoms with Gasteiger partial charge in [0.2, 0.25) is 0 Å². The minimum absolute atomic E-state index is 0.289. The van der Waals surface area contributed by atoms with Crippen molar-refractivity contribution in [3.8, 4) is 0 Å². The number of aliphatic hydroxyl groups is 1. The molecule has 13 heavy (non-hydrogen) atoms. The topological polar surface area (TPSA) is 23.2 Å². The molecule has 70 valence electrons. The largest absolute Gasteiger partial charge is 0.395 e. The predicted octanol–water partition coefficient (Wildman–Crippen LogP) is 1.42. The smallest absolute Gasteiger partial charge is 0.0599 e. The Morgan fingerprint density at radius 1 is 1.46 bits per heavy atom. The van der Waals surface area contributed by atoms with Gasteiger partial charge < -0.3 is 5.11 Å². The molecular formula is C11H15NO. The maximum atomic E-state index is 8.93. The van der Waals surface area contributed by atoms with Crippen LogP contribution in [0.3, 0.4) is 0 Å². The van der Waals surface area contributed by atoms with E-state index in [4.69, 9.17) is 5.11 Å². The number of benzene rings is 1. The summed E-state index contributed by atoms with van der Waals surface area (Å²) in [5.41, 5.74) is 1.33. The molecule has 0 aromatic heterocycles. The van der Waals surface area contributed by atoms with E-state index in [0.29, 0.717) is 12.1 Å². The van der Waals surface area contributed by atoms with Crippen LogP contribution in [0.15, 0.2) is 30.3 Å². The van der Waals surface area contributed by atoms with Crippen molar-refractivity contribution in [3.63, 3.8) is 0 Å². The second kappa shape index (κ2) is 3.48. The van der Waals surface area contributed by atoms with Crippen molar-refractivity contribution in [2.45, 2.75) is 19.0 Å². The minimum atomic E-state index is 0.289. The van der Waals surface area contributed by atoms with Crippen molar-refractivity contribution < 1.29 is 5.11 Å². The summed E-state index contributed by atoms with van der Waals surface area (Å²) < 4.78 is 0. The fourth-order valence-corrected chi connectivity index (χ4v) is 1.76. The maximum absolute atomic E-state index is 8.93. The van der Waals surface area contributed by atoms with E-state index in [9.17, 15) is 0 Å². The van der Waals surface area contributed by atoms with Crippen molar-refractivity contribution in [1.82, 2.24) is 4.90 Å². The first-order valence-corrected chi connectivity index (χ1v) is 4.74. The van der Waals surface area contributed by atoms with Crippen LogP contribution in [0.25, 0.3) is 0 Å². The Balaban J connectivity index is 2.03. The molecule has 1 aliphatic rings. The van der Waals surface area contributed by atoms with Crippen molar-refractivity contribution >= 4 is 0 Å². The Bertz CT molecular complexity index is 273. The second-order valence-corrected chi connectivity index (χ2v) is 3.62. The summed E-state index contributed by atoms with van der Waals surface area (Å²) in [6, 6.07) is 11.3. The SMILES string of the molecule is C[C@H](c1ccccc1)N1C[C@@H]1CO. The fraction of sp³-hybridized carbons (Fsp3) is 0.455. The van der Waals surface area contributed by atoms with Crippen LogP contribution in [0.5, 0.6) is 0 Å². The summed E-state index contributed by atoms with van der Waals surface area (Å²) in [7, 11) is 0. The molecule has 2 rings (SSSR count). The van der Waals surface area contributed by atoms with Crippen LogP contribution in [0.4, 0.5) is 0 Å². The summed E-state index contributed by atoms with van der Waals surface area (Å²) in [6.45, 7) is 3.51. The van der Waals surface area contributed by atoms with E-state index in [1.54, 1.807) is 0 Å². The molecule has 0 amide bonds. The molecule has 0 aliphatic carbocycles. The first kappa shape index (κ1) is 8.73. The maximum Gasteiger partial charge on any atom is 0.0599 e. The van der Waals surface area contributed by atoms with Gasteiger partial charge in [-0.3, -0.25) is 4.90 Å². The van der Waals surface area contributed by atoms with Gasteiger partial charge in [-0.05, 0) is 12.5 Å². The molecule has 1 unspecified atom stereocenters. The summed E-state index contributed by atoms with van der Waals surface area (Å²) >= 11 is 0. The lowest BCUT2D eigenvalue weighted by atomic mass is 10.1. The average Bonchev–Trinajstić information content (AvgIpc) is 2.97. The average molecular weight is 177 g/mol. The zero-order valence-electron chi connectivity index (χ0n) is 7.85. The van der Waals surface area contributed by atoms with Crippen LogP contribution in [0.2, 0.25) is 0 Å². The molecule has 1 saturated heterocycles. The molecule has 1 N–H and O–H groups in total. The highest BCUT2D eigenvalue weighted by Gasteiger charge is 2.37. The van der Waals surface area contributed by atoms with Crippen molar-refractivity contribution in [2.75, 3.05) is 13.2 Å². The molecule has 1 aromatic rings. The molecule has 1 heterocycles. The lowest BCUT2D eigenvalue weighted by Crippen LogP contribution is -2.10. The Hall–Kier alpha value is -0.860. The first-order chi connectivity index (χ1) is 6.33. The van der Waals surface area contributed by atoms with Crippen LogP contribution < -0.4 is 0 Å². The number of hydrogen-bond acceptors (Lipinski definition) is 2. The van der Waals surface area contributed by atoms with Crippen molar-refractivity contribution in [2.24, 2.45) is 0 Å². The van der Waals surface area contributed by atoms with Gasteiger partial charge in [0.1, 0.15) is 0 Å². The van der Waals surface area contributed by atoms with Crippen LogP contribution >= 0.6 is 0 Å². The standard InChI is InChI=1S/C11H15NO/c1-9(12-7-11(12)8-13)10-5-3-2-4-6-10/h2-6,9,11,13H,7-8H2,1H3/t9-,11-,12?/m1/s1. The molecule has 0 saturated carbocycles. The third-order valence-corrected chi connectivity index (χ3v) is 2.75. The fourth-order valence-electron chi connectivity index (χ4n) is 1.76. The van der Waals surface area contributed by atoms with Crippen LogP contribution in [0, 0.1) is 0 Å². The minimum Gasteiger partial charge on any atom is -0.395 e. The van der Waals surface area contributed by atoms with Gasteiger partial charge in [0.05, 0.1) is 6.61 Å². The van der Waals surface area contributed by atoms with Crippen molar-refractivity contribution in [3.05, 3.63) is 35.9 Å². The van der Waals surface area contributed by atoms with E-state index >= 15 is 0 Å². The molecular weight excluding hydrogens is 162 g/mol. The first-order valence-electron chi connectivity index (χ1n) is 4.74. The van der Waals surface area contributed by atoms with Crippen LogP contribution in [-0.2, 0) is 0 Å². The van der Waals surface area contributed by atoms with Gasteiger partial charge in [0, 0.05) is 18.6 Å². The Labute approximate surface area is 78.8 Å². The van der Waals surface area contributed by atoms with Gasteiger partial charge in [-0.1, -0.05) is 30.3 Å². The van der Waals surface area contributed by atoms with Gasteiger partial charge in [-0.25, -0.2) is 0 Å². The molecule has 3 atom stereocenters. The molecule has 2 heteroatoms. The van der Waals surface area contributed by atoms with Crippen LogP contribution in [-0.4, -0.2) is 29.2 Å². The van der Waals surface area contributed by atoms with Crippen molar-refractivity contribution in [1.29, 1.82) is 0 Å². The third kappa shape index (κ3) is 1.74. The van der Waals surface area contributed by atoms with Gasteiger partial charge in [-0.2, -0.15) is 0 Å². The molecule has 0 bridgehead atoms. The number of rotatable bonds is 3. The molecule has 2 nitrogen and oxygen atoms in total. The summed E-state index contributed by atoms with van der Waals surface area (Å²) in [5, 5.41) is 8.93. The summed E-state index contributed by atoms with van der Waals surface area (Å²) in [6.07, 6.45) is 0. The van der Waals surface area contributed by atoms with E-state index in [1.807, 2.05) is 6.07 Å². The molecule has 1 aromatic carbocycles. The summed E-state index contributed by atoms with van der Waals surface area (Å²) in [5.74, 6) is 0. The van der Waals surface area contributed by atoms with Gasteiger partial charge in [0.25, 0.3) is 0 Å². The quantitative estimate of drug-likeness (QED) is 0.706. The van der Waals surface area contributed by atoms with E-state index in [0.717, 1.165) is 6.54 Å². The number of hydrogen-bond donors (Lipinski definition) is 1. The molecule has 0 radical (unpaired) electrons. The lowest BCUT2D eigenvalue weighted by molar-refractivity contribution is 0.259. The van der Waals surface area contributed by atoms with Gasteiger partial charge >= 0.3 is 0 Å². The third-order valence-electron chi connectivity index (χ3n) is 2.75. The normalized spacial score (nSPS) is 28.5. The van der Waals surface area contributed by atoms with E-state index in [-0.39, 0.29) is 6.61 Å². The van der Waals surface area contributed by atoms with E-state index in [1.165, 1.54) is 5.56 Å². The lowest BCUT2D eigenvalue weighted by Gasteiger charge is -2.13. The Morgan fingerprint density at radius 2 is 2.15 bits per heavy atom. The Morgan fingerprint density at radius 3 is 2.69 bits per heavy atom. The molecule has 0 spiro atoms. The predicted molar refractivity (Wildman–Crippen MR) is 52.4 cm³/mol. The highest BCUT2D eigenvalue weighted by Crippen LogP contribution is 2.30. The van der Waals surface area contributed by atoms with Crippen LogP contribution in [0.1, 0.15) is 18.5 Å². The Kier molecular flexibility index (Phi) is 2.34. The van der Waals surface area contributed by atoms with E-state index < -0.39 is 0 Å². The molecule has 1 aliphatic heterocycles. The second-order valence-electron chi connectivity index (χ2n) is 3.62. The zero-order valence-corrected chi connectivity index (χ0v) is 7.85. The monoisotopic (exact) mass is 177 g/mol. The summed E-state index contributed by atoms with van der Waals surface area (Å²) in [4.78, 5) is 2.30. The van der Waals surface area contributed by atoms with Gasteiger partial charge in [-0.15, -0.1) is 0 Å². The number of nitrogens with zero attached hydrogens (tertiary/aromatic N) is 1.